The molecule has 13 nitrogen and oxygen atoms in total. The van der Waals surface area contributed by atoms with Crippen LogP contribution in [0.25, 0.3) is 0 Å². The third-order valence-corrected chi connectivity index (χ3v) is 8.32. The van der Waals surface area contributed by atoms with Crippen LogP contribution in [0.5, 0.6) is 0 Å². The summed E-state index contributed by atoms with van der Waals surface area (Å²) in [6.45, 7) is 5.72. The van der Waals surface area contributed by atoms with E-state index in [9.17, 15) is 19.2 Å². The van der Waals surface area contributed by atoms with E-state index in [2.05, 4.69) is 28.6 Å². The zero-order valence-electron chi connectivity index (χ0n) is 21.7. The topological polar surface area (TPSA) is 172 Å². The van der Waals surface area contributed by atoms with Gasteiger partial charge in [0.25, 0.3) is 11.8 Å². The molecule has 0 aromatic carbocycles. The average molecular weight is 592 g/mol. The summed E-state index contributed by atoms with van der Waals surface area (Å²) >= 11 is 2.44. The first-order valence-corrected chi connectivity index (χ1v) is 14.3. The van der Waals surface area contributed by atoms with Gasteiger partial charge in [0.15, 0.2) is 10.8 Å². The first kappa shape index (κ1) is 29.3. The number of hydrogen-bond acceptors (Lipinski definition) is 13. The number of carbonyl (C=O) groups excluding carboxylic acids is 4. The van der Waals surface area contributed by atoms with Crippen molar-refractivity contribution in [2.24, 2.45) is 11.1 Å². The highest BCUT2D eigenvalue weighted by Gasteiger charge is 2.54. The van der Waals surface area contributed by atoms with Gasteiger partial charge in [-0.05, 0) is 18.4 Å². The fourth-order valence-corrected chi connectivity index (χ4v) is 6.26. The number of nitrogen functional groups attached to an aromatic ring is 1. The smallest absolute Gasteiger partial charge is 0.365 e. The number of thiazole rings is 1. The molecule has 1 aromatic heterocycles. The molecule has 3 atom stereocenters. The second-order valence-corrected chi connectivity index (χ2v) is 10.9. The van der Waals surface area contributed by atoms with E-state index in [1.165, 1.54) is 41.3 Å². The lowest BCUT2D eigenvalue weighted by atomic mass is 10.0. The van der Waals surface area contributed by atoms with Gasteiger partial charge in [-0.2, -0.15) is 0 Å². The minimum absolute atomic E-state index is 0.0457. The average Bonchev–Trinajstić information content (AvgIpc) is 3.65. The molecule has 40 heavy (non-hydrogen) atoms. The Hall–Kier alpha value is -3.69. The molecule has 4 rings (SSSR count). The first-order chi connectivity index (χ1) is 19.3. The normalized spacial score (nSPS) is 21.7. The molecule has 0 radical (unpaired) electrons. The zero-order valence-corrected chi connectivity index (χ0v) is 23.3. The highest BCUT2D eigenvalue weighted by molar-refractivity contribution is 8.00. The van der Waals surface area contributed by atoms with E-state index < -0.39 is 41.6 Å². The Labute approximate surface area is 238 Å². The lowest BCUT2D eigenvalue weighted by Gasteiger charge is -2.49. The lowest BCUT2D eigenvalue weighted by molar-refractivity contribution is -0.258. The number of ether oxygens (including phenoxy) is 3. The number of allylic oxidation sites excluding steroid dienone is 1. The molecule has 2 aliphatic heterocycles. The lowest BCUT2D eigenvalue weighted by Crippen LogP contribution is -2.71. The van der Waals surface area contributed by atoms with Gasteiger partial charge in [0.05, 0.1) is 5.92 Å². The summed E-state index contributed by atoms with van der Waals surface area (Å²) in [5.41, 5.74) is 6.09. The summed E-state index contributed by atoms with van der Waals surface area (Å²) in [5.74, 6) is -2.67. The summed E-state index contributed by atoms with van der Waals surface area (Å²) in [6.07, 6.45) is 6.15. The number of carbonyl (C=O) groups is 4. The van der Waals surface area contributed by atoms with Crippen LogP contribution in [-0.2, 0) is 38.2 Å². The Morgan fingerprint density at radius 2 is 2.05 bits per heavy atom. The van der Waals surface area contributed by atoms with Gasteiger partial charge in [-0.1, -0.05) is 43.3 Å². The molecule has 3 aliphatic rings. The number of aromatic nitrogens is 1. The van der Waals surface area contributed by atoms with E-state index in [4.69, 9.17) is 24.8 Å². The molecule has 2 amide bonds. The number of β-lactam (4-membered cyclic amide) rings is 1. The number of methoxy groups -OCH3 is 1. The monoisotopic (exact) mass is 591 g/mol. The number of esters is 2. The van der Waals surface area contributed by atoms with Crippen LogP contribution in [-0.4, -0.2) is 76.7 Å². The molecule has 3 heterocycles. The number of fused-ring (bicyclic) bond motifs is 1. The Kier molecular flexibility index (Phi) is 9.60. The van der Waals surface area contributed by atoms with Gasteiger partial charge in [0.1, 0.15) is 29.4 Å². The molecule has 0 bridgehead atoms. The summed E-state index contributed by atoms with van der Waals surface area (Å²) in [4.78, 5) is 62.3. The molecular formula is C25H29N5O8S2. The van der Waals surface area contributed by atoms with Crippen molar-refractivity contribution in [3.63, 3.8) is 0 Å². The molecule has 3 N–H and O–H groups in total. The Balaban J connectivity index is 1.46. The van der Waals surface area contributed by atoms with E-state index in [1.807, 2.05) is 0 Å². The fourth-order valence-electron chi connectivity index (χ4n) is 4.37. The summed E-state index contributed by atoms with van der Waals surface area (Å²) in [6, 6.07) is -0.981. The molecular weight excluding hydrogens is 562 g/mol. The van der Waals surface area contributed by atoms with Crippen molar-refractivity contribution in [3.05, 3.63) is 47.7 Å². The van der Waals surface area contributed by atoms with Crippen molar-refractivity contribution in [2.75, 3.05) is 25.2 Å². The van der Waals surface area contributed by atoms with E-state index >= 15 is 0 Å². The van der Waals surface area contributed by atoms with Gasteiger partial charge in [-0.15, -0.1) is 23.1 Å². The van der Waals surface area contributed by atoms with Crippen LogP contribution in [0, 0.1) is 5.92 Å². The molecule has 214 valence electrons. The molecule has 0 spiro atoms. The fraction of sp³-hybridized carbons (Fsp3) is 0.440. The molecule has 2 fully saturated rings. The van der Waals surface area contributed by atoms with Crippen LogP contribution in [0.2, 0.25) is 0 Å². The number of thioether (sulfide) groups is 1. The van der Waals surface area contributed by atoms with Gasteiger partial charge in [0, 0.05) is 18.2 Å². The minimum atomic E-state index is -1.58. The Morgan fingerprint density at radius 3 is 2.67 bits per heavy atom. The number of nitrogens with zero attached hydrogens (tertiary/aromatic N) is 3. The largest absolute Gasteiger partial charge is 0.400 e. The van der Waals surface area contributed by atoms with Crippen molar-refractivity contribution < 1.29 is 38.2 Å². The number of hydrogen-bond donors (Lipinski definition) is 2. The first-order valence-electron chi connectivity index (χ1n) is 12.4. The number of anilines is 1. The van der Waals surface area contributed by atoms with Gasteiger partial charge in [-0.25, -0.2) is 9.78 Å². The summed E-state index contributed by atoms with van der Waals surface area (Å²) in [7, 11) is 1.23. The number of nitrogens with two attached hydrogens (primary N) is 1. The van der Waals surface area contributed by atoms with Gasteiger partial charge in [-0.3, -0.25) is 19.3 Å². The van der Waals surface area contributed by atoms with Crippen LogP contribution in [0.4, 0.5) is 5.13 Å². The molecule has 1 aliphatic carbocycles. The highest BCUT2D eigenvalue weighted by Crippen LogP contribution is 2.41. The van der Waals surface area contributed by atoms with Crippen molar-refractivity contribution in [1.29, 1.82) is 0 Å². The Morgan fingerprint density at radius 1 is 1.30 bits per heavy atom. The Bertz CT molecular complexity index is 1260. The SMILES string of the molecule is C=CCON=C(C(=O)NC1C(=O)N2C(C(=O)OC(OC)OC(=O)C3CCCC3)=C(C=C)CS[C@H]12)c1csc(N)n1. The van der Waals surface area contributed by atoms with Crippen LogP contribution in [0.15, 0.2) is 47.1 Å². The van der Waals surface area contributed by atoms with Crippen molar-refractivity contribution in [2.45, 2.75) is 43.6 Å². The molecule has 2 unspecified atom stereocenters. The van der Waals surface area contributed by atoms with Crippen molar-refractivity contribution >= 4 is 57.7 Å². The quantitative estimate of drug-likeness (QED) is 0.0689. The van der Waals surface area contributed by atoms with Gasteiger partial charge in [0.2, 0.25) is 0 Å². The zero-order chi connectivity index (χ0) is 28.8. The van der Waals surface area contributed by atoms with Crippen LogP contribution in [0.3, 0.4) is 0 Å². The highest BCUT2D eigenvalue weighted by atomic mass is 32.2. The maximum absolute atomic E-state index is 13.2. The minimum Gasteiger partial charge on any atom is -0.400 e. The third-order valence-electron chi connectivity index (χ3n) is 6.35. The number of oxime groups is 1. The molecule has 15 heteroatoms. The maximum Gasteiger partial charge on any atom is 0.365 e. The maximum atomic E-state index is 13.2. The van der Waals surface area contributed by atoms with E-state index in [1.54, 1.807) is 0 Å². The van der Waals surface area contributed by atoms with Gasteiger partial charge < -0.3 is 30.1 Å². The second-order valence-electron chi connectivity index (χ2n) is 8.88. The third kappa shape index (κ3) is 6.21. The molecule has 1 saturated carbocycles. The van der Waals surface area contributed by atoms with E-state index in [0.717, 1.165) is 24.2 Å². The van der Waals surface area contributed by atoms with Gasteiger partial charge >= 0.3 is 18.4 Å². The van der Waals surface area contributed by atoms with Crippen LogP contribution >= 0.6 is 23.1 Å². The standard InChI is InChI=1S/C25H29N5O8S2/c1-4-10-36-29-16(15-12-40-24(26)27-15)19(31)28-17-20(32)30-18(13(5-2)11-39-21(17)30)23(34)38-25(35-3)37-22(33)14-8-6-7-9-14/h4-5,12,14,17,21,25H,1-2,6-11H2,3H3,(H2,26,27)(H,28,31)/t17?,21-,25?/m1/s1. The summed E-state index contributed by atoms with van der Waals surface area (Å²) in [5, 5.41) is 7.62. The van der Waals surface area contributed by atoms with Crippen molar-refractivity contribution in [3.8, 4) is 0 Å². The number of nitrogens with one attached hydrogen (secondary N) is 1. The van der Waals surface area contributed by atoms with Crippen LogP contribution < -0.4 is 11.1 Å². The number of amides is 2. The summed E-state index contributed by atoms with van der Waals surface area (Å²) < 4.78 is 15.6. The predicted octanol–water partition coefficient (Wildman–Crippen LogP) is 1.68. The van der Waals surface area contributed by atoms with E-state index in [-0.39, 0.29) is 34.8 Å². The van der Waals surface area contributed by atoms with E-state index in [0.29, 0.717) is 24.2 Å². The second kappa shape index (κ2) is 13.1. The van der Waals surface area contributed by atoms with Crippen LogP contribution in [0.1, 0.15) is 31.4 Å². The molecule has 1 saturated heterocycles. The number of rotatable bonds is 12. The predicted molar refractivity (Wildman–Crippen MR) is 146 cm³/mol. The molecule has 1 aromatic rings. The van der Waals surface area contributed by atoms with Crippen molar-refractivity contribution in [1.82, 2.24) is 15.2 Å².